The Morgan fingerprint density at radius 2 is 1.85 bits per heavy atom. The van der Waals surface area contributed by atoms with Crippen molar-refractivity contribution in [1.29, 1.82) is 0 Å². The van der Waals surface area contributed by atoms with Crippen molar-refractivity contribution in [2.75, 3.05) is 0 Å². The summed E-state index contributed by atoms with van der Waals surface area (Å²) in [5.74, 6) is 0.0617. The standard InChI is InChI=1S/C21H21N3O3/c1-21(10-4-5-11-21)20(26)24-23-19(25)15-13-17(18-9-6-12-27-18)22-16-8-3-2-7-14(15)16/h2-3,6-9,12-13H,4-5,10-11H2,1H3,(H,23,25)(H,24,26). The van der Waals surface area contributed by atoms with Gasteiger partial charge in [0.1, 0.15) is 5.69 Å². The fourth-order valence-electron chi connectivity index (χ4n) is 3.63. The summed E-state index contributed by atoms with van der Waals surface area (Å²) in [5.41, 5.74) is 6.45. The van der Waals surface area contributed by atoms with Crippen molar-refractivity contribution >= 4 is 22.7 Å². The molecule has 2 N–H and O–H groups in total. The second-order valence-electron chi connectivity index (χ2n) is 7.23. The minimum Gasteiger partial charge on any atom is -0.463 e. The molecule has 2 amide bonds. The van der Waals surface area contributed by atoms with Gasteiger partial charge < -0.3 is 4.42 Å². The van der Waals surface area contributed by atoms with Gasteiger partial charge in [-0.2, -0.15) is 0 Å². The maximum atomic E-state index is 12.8. The molecule has 2 heterocycles. The quantitative estimate of drug-likeness (QED) is 0.693. The largest absolute Gasteiger partial charge is 0.463 e. The van der Waals surface area contributed by atoms with E-state index in [4.69, 9.17) is 4.42 Å². The molecule has 1 aliphatic rings. The first-order chi connectivity index (χ1) is 13.1. The van der Waals surface area contributed by atoms with Crippen LogP contribution in [0.15, 0.2) is 53.1 Å². The summed E-state index contributed by atoms with van der Waals surface area (Å²) in [7, 11) is 0. The molecule has 1 aromatic carbocycles. The van der Waals surface area contributed by atoms with Crippen molar-refractivity contribution in [3.8, 4) is 11.5 Å². The average Bonchev–Trinajstić information content (AvgIpc) is 3.37. The van der Waals surface area contributed by atoms with Gasteiger partial charge in [0.15, 0.2) is 5.76 Å². The van der Waals surface area contributed by atoms with Gasteiger partial charge >= 0.3 is 0 Å². The van der Waals surface area contributed by atoms with Gasteiger partial charge in [0.05, 0.1) is 17.3 Å². The van der Waals surface area contributed by atoms with Crippen LogP contribution in [0.2, 0.25) is 0 Å². The first kappa shape index (κ1) is 17.3. The lowest BCUT2D eigenvalue weighted by Gasteiger charge is -2.22. The van der Waals surface area contributed by atoms with E-state index >= 15 is 0 Å². The number of hydrazine groups is 1. The molecular formula is C21H21N3O3. The van der Waals surface area contributed by atoms with E-state index < -0.39 is 5.41 Å². The summed E-state index contributed by atoms with van der Waals surface area (Å²) in [6.07, 6.45) is 5.33. The normalized spacial score (nSPS) is 15.6. The SMILES string of the molecule is CC1(C(=O)NNC(=O)c2cc(-c3ccco3)nc3ccccc23)CCCC1. The van der Waals surface area contributed by atoms with Crippen LogP contribution in [-0.2, 0) is 4.79 Å². The lowest BCUT2D eigenvalue weighted by Crippen LogP contribution is -2.47. The van der Waals surface area contributed by atoms with Gasteiger partial charge in [-0.25, -0.2) is 4.98 Å². The molecule has 0 unspecified atom stereocenters. The number of hydrogen-bond donors (Lipinski definition) is 2. The Hall–Kier alpha value is -3.15. The lowest BCUT2D eigenvalue weighted by atomic mass is 9.88. The molecule has 0 radical (unpaired) electrons. The first-order valence-electron chi connectivity index (χ1n) is 9.11. The Balaban J connectivity index is 1.62. The maximum absolute atomic E-state index is 12.8. The van der Waals surface area contributed by atoms with Gasteiger partial charge in [-0.3, -0.25) is 20.4 Å². The second-order valence-corrected chi connectivity index (χ2v) is 7.23. The molecule has 6 heteroatoms. The van der Waals surface area contributed by atoms with Crippen molar-refractivity contribution in [2.45, 2.75) is 32.6 Å². The minimum atomic E-state index is -0.410. The number of pyridine rings is 1. The average molecular weight is 363 g/mol. The molecule has 1 fully saturated rings. The number of carbonyl (C=O) groups excluding carboxylic acids is 2. The summed E-state index contributed by atoms with van der Waals surface area (Å²) in [6.45, 7) is 1.94. The van der Waals surface area contributed by atoms with E-state index in [9.17, 15) is 9.59 Å². The van der Waals surface area contributed by atoms with Gasteiger partial charge in [-0.1, -0.05) is 38.0 Å². The zero-order valence-corrected chi connectivity index (χ0v) is 15.1. The highest BCUT2D eigenvalue weighted by Gasteiger charge is 2.36. The van der Waals surface area contributed by atoms with Crippen LogP contribution < -0.4 is 10.9 Å². The topological polar surface area (TPSA) is 84.2 Å². The van der Waals surface area contributed by atoms with Gasteiger partial charge in [0.2, 0.25) is 5.91 Å². The Bertz CT molecular complexity index is 989. The fourth-order valence-corrected chi connectivity index (χ4v) is 3.63. The number of benzene rings is 1. The molecule has 27 heavy (non-hydrogen) atoms. The fraction of sp³-hybridized carbons (Fsp3) is 0.286. The molecule has 2 aromatic heterocycles. The Kier molecular flexibility index (Phi) is 4.39. The van der Waals surface area contributed by atoms with E-state index in [0.29, 0.717) is 27.9 Å². The van der Waals surface area contributed by atoms with Gasteiger partial charge in [-0.15, -0.1) is 0 Å². The number of aromatic nitrogens is 1. The number of fused-ring (bicyclic) bond motifs is 1. The number of para-hydroxylation sites is 1. The maximum Gasteiger partial charge on any atom is 0.270 e. The van der Waals surface area contributed by atoms with Crippen LogP contribution in [-0.4, -0.2) is 16.8 Å². The molecule has 0 aliphatic heterocycles. The molecule has 4 rings (SSSR count). The molecule has 0 spiro atoms. The van der Waals surface area contributed by atoms with E-state index in [-0.39, 0.29) is 11.8 Å². The molecule has 0 bridgehead atoms. The second kappa shape index (κ2) is 6.87. The van der Waals surface area contributed by atoms with E-state index in [1.807, 2.05) is 31.2 Å². The minimum absolute atomic E-state index is 0.141. The molecular weight excluding hydrogens is 342 g/mol. The third-order valence-corrected chi connectivity index (χ3v) is 5.28. The molecule has 0 saturated heterocycles. The summed E-state index contributed by atoms with van der Waals surface area (Å²) in [4.78, 5) is 29.9. The highest BCUT2D eigenvalue weighted by atomic mass is 16.3. The Morgan fingerprint density at radius 1 is 1.07 bits per heavy atom. The molecule has 1 saturated carbocycles. The van der Waals surface area contributed by atoms with Crippen LogP contribution >= 0.6 is 0 Å². The summed E-state index contributed by atoms with van der Waals surface area (Å²) in [6, 6.07) is 12.6. The van der Waals surface area contributed by atoms with Crippen molar-refractivity contribution in [3.63, 3.8) is 0 Å². The van der Waals surface area contributed by atoms with Crippen LogP contribution in [0, 0.1) is 5.41 Å². The Labute approximate surface area is 156 Å². The predicted molar refractivity (Wildman–Crippen MR) is 102 cm³/mol. The molecule has 3 aromatic rings. The number of rotatable bonds is 3. The van der Waals surface area contributed by atoms with Crippen molar-refractivity contribution < 1.29 is 14.0 Å². The predicted octanol–water partition coefficient (Wildman–Crippen LogP) is 3.84. The summed E-state index contributed by atoms with van der Waals surface area (Å²) >= 11 is 0. The van der Waals surface area contributed by atoms with Crippen LogP contribution in [0.1, 0.15) is 43.0 Å². The third kappa shape index (κ3) is 3.30. The smallest absolute Gasteiger partial charge is 0.270 e. The van der Waals surface area contributed by atoms with Crippen LogP contribution in [0.5, 0.6) is 0 Å². The third-order valence-electron chi connectivity index (χ3n) is 5.28. The molecule has 6 nitrogen and oxygen atoms in total. The Morgan fingerprint density at radius 3 is 2.59 bits per heavy atom. The van der Waals surface area contributed by atoms with Crippen LogP contribution in [0.4, 0.5) is 0 Å². The van der Waals surface area contributed by atoms with Gasteiger partial charge in [0, 0.05) is 10.8 Å². The van der Waals surface area contributed by atoms with Gasteiger partial charge in [-0.05, 0) is 37.1 Å². The van der Waals surface area contributed by atoms with Crippen LogP contribution in [0.25, 0.3) is 22.4 Å². The highest BCUT2D eigenvalue weighted by molar-refractivity contribution is 6.07. The molecule has 138 valence electrons. The van der Waals surface area contributed by atoms with Gasteiger partial charge in [0.25, 0.3) is 5.91 Å². The van der Waals surface area contributed by atoms with E-state index in [1.165, 1.54) is 0 Å². The number of carbonyl (C=O) groups is 2. The van der Waals surface area contributed by atoms with Crippen molar-refractivity contribution in [2.24, 2.45) is 5.41 Å². The number of hydrogen-bond acceptors (Lipinski definition) is 4. The summed E-state index contributed by atoms with van der Waals surface area (Å²) in [5, 5.41) is 0.714. The number of amides is 2. The monoisotopic (exact) mass is 363 g/mol. The van der Waals surface area contributed by atoms with E-state index in [0.717, 1.165) is 25.7 Å². The summed E-state index contributed by atoms with van der Waals surface area (Å²) < 4.78 is 5.42. The van der Waals surface area contributed by atoms with Crippen molar-refractivity contribution in [3.05, 3.63) is 54.3 Å². The van der Waals surface area contributed by atoms with E-state index in [1.54, 1.807) is 24.5 Å². The van der Waals surface area contributed by atoms with E-state index in [2.05, 4.69) is 15.8 Å². The highest BCUT2D eigenvalue weighted by Crippen LogP contribution is 2.37. The number of nitrogens with zero attached hydrogens (tertiary/aromatic N) is 1. The lowest BCUT2D eigenvalue weighted by molar-refractivity contribution is -0.130. The zero-order chi connectivity index (χ0) is 18.9. The number of nitrogens with one attached hydrogen (secondary N) is 2. The molecule has 1 aliphatic carbocycles. The van der Waals surface area contributed by atoms with Crippen LogP contribution in [0.3, 0.4) is 0 Å². The number of furan rings is 1. The zero-order valence-electron chi connectivity index (χ0n) is 15.1. The van der Waals surface area contributed by atoms with Crippen molar-refractivity contribution in [1.82, 2.24) is 15.8 Å². The first-order valence-corrected chi connectivity index (χ1v) is 9.11. The molecule has 0 atom stereocenters.